The monoisotopic (exact) mass is 379 g/mol. The van der Waals surface area contributed by atoms with Crippen LogP contribution in [0, 0.1) is 11.8 Å². The zero-order valence-electron chi connectivity index (χ0n) is 18.2. The Bertz CT molecular complexity index is 701. The summed E-state index contributed by atoms with van der Waals surface area (Å²) >= 11 is 0. The van der Waals surface area contributed by atoms with Crippen LogP contribution in [0.4, 0.5) is 0 Å². The van der Waals surface area contributed by atoms with Gasteiger partial charge in [-0.15, -0.1) is 0 Å². The first-order valence-electron chi connectivity index (χ1n) is 11.2. The lowest BCUT2D eigenvalue weighted by Crippen LogP contribution is -2.34. The van der Waals surface area contributed by atoms with Crippen molar-refractivity contribution in [3.8, 4) is 0 Å². The van der Waals surface area contributed by atoms with Gasteiger partial charge in [-0.3, -0.25) is 9.69 Å². The van der Waals surface area contributed by atoms with E-state index >= 15 is 0 Å². The fraction of sp³-hybridized carbons (Fsp3) is 0.500. The Kier molecular flexibility index (Phi) is 9.43. The first-order chi connectivity index (χ1) is 13.8. The maximum absolute atomic E-state index is 12.6. The minimum atomic E-state index is 0.230. The Balaban J connectivity index is 0.000000660. The van der Waals surface area contributed by atoms with Crippen LogP contribution in [0.5, 0.6) is 0 Å². The molecule has 1 atom stereocenters. The first-order valence-corrected chi connectivity index (χ1v) is 11.2. The third kappa shape index (κ3) is 5.78. The molecule has 152 valence electrons. The molecule has 0 radical (unpaired) electrons. The molecule has 2 nitrogen and oxygen atoms in total. The quantitative estimate of drug-likeness (QED) is 0.613. The van der Waals surface area contributed by atoms with Crippen molar-refractivity contribution in [1.29, 1.82) is 0 Å². The molecule has 0 N–H and O–H groups in total. The van der Waals surface area contributed by atoms with Gasteiger partial charge < -0.3 is 0 Å². The minimum Gasteiger partial charge on any atom is -0.299 e. The number of piperidine rings is 1. The molecule has 1 unspecified atom stereocenters. The first kappa shape index (κ1) is 22.4. The standard InChI is InChI=1S/C22H25NO.2C2H6/c24-22-20(15-19-8-4-5-9-21(19)22)14-17-10-12-23(13-11-17)16-18-6-2-1-3-7-18;2*1-2/h1-9,17,20H,10-16H2;2*1-2H3. The van der Waals surface area contributed by atoms with E-state index in [9.17, 15) is 4.79 Å². The van der Waals surface area contributed by atoms with Gasteiger partial charge in [-0.05, 0) is 55.8 Å². The number of benzene rings is 2. The highest BCUT2D eigenvalue weighted by atomic mass is 16.1. The van der Waals surface area contributed by atoms with Crippen molar-refractivity contribution < 1.29 is 4.79 Å². The SMILES string of the molecule is CC.CC.O=C1c2ccccc2CC1CC1CCN(Cc2ccccc2)CC1. The molecule has 2 aromatic carbocycles. The zero-order valence-corrected chi connectivity index (χ0v) is 18.2. The van der Waals surface area contributed by atoms with Gasteiger partial charge in [-0.1, -0.05) is 82.3 Å². The molecule has 1 fully saturated rings. The molecule has 0 amide bonds. The predicted molar refractivity (Wildman–Crippen MR) is 120 cm³/mol. The molecule has 0 spiro atoms. The number of nitrogens with zero attached hydrogens (tertiary/aromatic N) is 1. The van der Waals surface area contributed by atoms with Crippen LogP contribution in [-0.4, -0.2) is 23.8 Å². The van der Waals surface area contributed by atoms with Crippen molar-refractivity contribution in [2.45, 2.75) is 59.9 Å². The summed E-state index contributed by atoms with van der Waals surface area (Å²) in [4.78, 5) is 15.1. The second-order valence-corrected chi connectivity index (χ2v) is 7.36. The molecule has 1 aliphatic carbocycles. The molecule has 1 aliphatic heterocycles. The largest absolute Gasteiger partial charge is 0.299 e. The van der Waals surface area contributed by atoms with Crippen LogP contribution in [-0.2, 0) is 13.0 Å². The van der Waals surface area contributed by atoms with Gasteiger partial charge in [-0.2, -0.15) is 0 Å². The summed E-state index contributed by atoms with van der Waals surface area (Å²) in [6.07, 6.45) is 4.49. The third-order valence-electron chi connectivity index (χ3n) is 5.69. The summed E-state index contributed by atoms with van der Waals surface area (Å²) in [7, 11) is 0. The van der Waals surface area contributed by atoms with Crippen LogP contribution in [0.2, 0.25) is 0 Å². The van der Waals surface area contributed by atoms with Gasteiger partial charge in [0, 0.05) is 18.0 Å². The highest BCUT2D eigenvalue weighted by molar-refractivity contribution is 6.02. The molecule has 2 heteroatoms. The van der Waals surface area contributed by atoms with Crippen LogP contribution in [0.3, 0.4) is 0 Å². The van der Waals surface area contributed by atoms with Gasteiger partial charge in [0.25, 0.3) is 0 Å². The van der Waals surface area contributed by atoms with Crippen molar-refractivity contribution in [1.82, 2.24) is 4.90 Å². The minimum absolute atomic E-state index is 0.230. The smallest absolute Gasteiger partial charge is 0.166 e. The lowest BCUT2D eigenvalue weighted by molar-refractivity contribution is 0.0895. The van der Waals surface area contributed by atoms with E-state index in [1.54, 1.807) is 0 Å². The Morgan fingerprint density at radius 3 is 2.11 bits per heavy atom. The van der Waals surface area contributed by atoms with E-state index in [4.69, 9.17) is 0 Å². The Morgan fingerprint density at radius 2 is 1.46 bits per heavy atom. The lowest BCUT2D eigenvalue weighted by atomic mass is 9.85. The number of rotatable bonds is 4. The summed E-state index contributed by atoms with van der Waals surface area (Å²) in [5.74, 6) is 1.32. The van der Waals surface area contributed by atoms with Crippen molar-refractivity contribution in [2.75, 3.05) is 13.1 Å². The second-order valence-electron chi connectivity index (χ2n) is 7.36. The summed E-state index contributed by atoms with van der Waals surface area (Å²) < 4.78 is 0. The normalized spacial score (nSPS) is 19.1. The molecule has 0 bridgehead atoms. The van der Waals surface area contributed by atoms with E-state index in [1.165, 1.54) is 24.0 Å². The Morgan fingerprint density at radius 1 is 0.857 bits per heavy atom. The van der Waals surface area contributed by atoms with Gasteiger partial charge in [0.15, 0.2) is 5.78 Å². The van der Waals surface area contributed by atoms with Gasteiger partial charge in [-0.25, -0.2) is 0 Å². The van der Waals surface area contributed by atoms with Gasteiger partial charge >= 0.3 is 0 Å². The number of hydrogen-bond donors (Lipinski definition) is 0. The topological polar surface area (TPSA) is 20.3 Å². The zero-order chi connectivity index (χ0) is 20.4. The molecule has 1 heterocycles. The van der Waals surface area contributed by atoms with Crippen LogP contribution in [0.15, 0.2) is 54.6 Å². The lowest BCUT2D eigenvalue weighted by Gasteiger charge is -2.32. The van der Waals surface area contributed by atoms with Crippen LogP contribution < -0.4 is 0 Å². The van der Waals surface area contributed by atoms with Crippen LogP contribution >= 0.6 is 0 Å². The molecule has 1 saturated heterocycles. The summed E-state index contributed by atoms with van der Waals surface area (Å²) in [6, 6.07) is 18.9. The third-order valence-corrected chi connectivity index (χ3v) is 5.69. The van der Waals surface area contributed by atoms with E-state index in [2.05, 4.69) is 47.4 Å². The number of fused-ring (bicyclic) bond motifs is 1. The van der Waals surface area contributed by atoms with E-state index in [0.29, 0.717) is 11.7 Å². The average molecular weight is 380 g/mol. The predicted octanol–water partition coefficient (Wildman–Crippen LogP) is 6.40. The number of Topliss-reactive ketones (excluding diaryl/α,β-unsaturated/α-hetero) is 1. The van der Waals surface area contributed by atoms with Gasteiger partial charge in [0.1, 0.15) is 0 Å². The molecular formula is C26H37NO. The summed E-state index contributed by atoms with van der Waals surface area (Å²) in [6.45, 7) is 11.4. The highest BCUT2D eigenvalue weighted by Crippen LogP contribution is 2.34. The van der Waals surface area contributed by atoms with Crippen LogP contribution in [0.1, 0.15) is 68.4 Å². The molecule has 0 saturated carbocycles. The fourth-order valence-electron chi connectivity index (χ4n) is 4.33. The molecule has 28 heavy (non-hydrogen) atoms. The number of hydrogen-bond acceptors (Lipinski definition) is 2. The Hall–Kier alpha value is -1.93. The maximum Gasteiger partial charge on any atom is 0.166 e. The summed E-state index contributed by atoms with van der Waals surface area (Å²) in [5.41, 5.74) is 3.63. The number of carbonyl (C=O) groups excluding carboxylic acids is 1. The number of carbonyl (C=O) groups is 1. The van der Waals surface area contributed by atoms with Gasteiger partial charge in [0.05, 0.1) is 0 Å². The van der Waals surface area contributed by atoms with E-state index < -0.39 is 0 Å². The second kappa shape index (κ2) is 11.8. The molecule has 2 aromatic rings. The summed E-state index contributed by atoms with van der Waals surface area (Å²) in [5, 5.41) is 0. The van der Waals surface area contributed by atoms with Gasteiger partial charge in [0.2, 0.25) is 0 Å². The maximum atomic E-state index is 12.6. The number of likely N-dealkylation sites (tertiary alicyclic amines) is 1. The van der Waals surface area contributed by atoms with E-state index in [1.807, 2.05) is 39.8 Å². The van der Waals surface area contributed by atoms with Crippen molar-refractivity contribution in [3.63, 3.8) is 0 Å². The van der Waals surface area contributed by atoms with Crippen LogP contribution in [0.25, 0.3) is 0 Å². The van der Waals surface area contributed by atoms with Crippen molar-refractivity contribution in [3.05, 3.63) is 71.3 Å². The van der Waals surface area contributed by atoms with Crippen molar-refractivity contribution in [2.24, 2.45) is 11.8 Å². The molecule has 2 aliphatic rings. The Labute approximate surface area is 172 Å². The van der Waals surface area contributed by atoms with E-state index in [0.717, 1.165) is 38.0 Å². The highest BCUT2D eigenvalue weighted by Gasteiger charge is 2.32. The molecule has 4 rings (SSSR count). The molecular weight excluding hydrogens is 342 g/mol. The molecule has 0 aromatic heterocycles. The fourth-order valence-corrected chi connectivity index (χ4v) is 4.33. The number of ketones is 1. The van der Waals surface area contributed by atoms with Crippen molar-refractivity contribution >= 4 is 5.78 Å². The van der Waals surface area contributed by atoms with E-state index in [-0.39, 0.29) is 5.92 Å². The average Bonchev–Trinajstić information content (AvgIpc) is 3.09.